The zero-order chi connectivity index (χ0) is 87.5. The van der Waals surface area contributed by atoms with Crippen molar-refractivity contribution in [2.45, 2.75) is 166 Å². The molecule has 13 N–H and O–H groups in total. The number of alkyl halides is 2. The number of nitrogens with one attached hydrogen (secondary N) is 2. The van der Waals surface area contributed by atoms with E-state index in [4.69, 9.17) is 39.1 Å². The number of ketones is 3. The molecule has 6 aromatic rings. The average molecular weight is 1670 g/mol. The summed E-state index contributed by atoms with van der Waals surface area (Å²) in [7, 11) is 5.88. The number of imidazole rings is 1. The Morgan fingerprint density at radius 1 is 0.866 bits per heavy atom. The number of hydrogen-bond donors (Lipinski definition) is 12. The maximum Gasteiger partial charge on any atom is 0.387 e. The van der Waals surface area contributed by atoms with Crippen LogP contribution in [0.4, 0.5) is 14.5 Å². The number of nitrogens with zero attached hydrogens (tertiary/aromatic N) is 6. The molecular formula is C84H101F2N9O23S. The molecule has 1 saturated carbocycles. The van der Waals surface area contributed by atoms with E-state index in [1.807, 2.05) is 0 Å². The van der Waals surface area contributed by atoms with Gasteiger partial charge in [-0.2, -0.15) is 8.78 Å². The first kappa shape index (κ1) is 89.0. The summed E-state index contributed by atoms with van der Waals surface area (Å²) in [4.78, 5) is 104. The topological polar surface area (TPSA) is 477 Å². The molecule has 1 spiro atoms. The molecule has 2 fully saturated rings. The lowest BCUT2D eigenvalue weighted by Gasteiger charge is -2.53. The van der Waals surface area contributed by atoms with Crippen molar-refractivity contribution in [3.63, 3.8) is 0 Å². The Morgan fingerprint density at radius 2 is 1.55 bits per heavy atom. The van der Waals surface area contributed by atoms with Gasteiger partial charge in [0.25, 0.3) is 17.6 Å². The Balaban J connectivity index is 0.000000198. The number of nitrogens with two attached hydrogens (primary N) is 1. The van der Waals surface area contributed by atoms with E-state index in [0.29, 0.717) is 52.7 Å². The molecule has 13 rings (SSSR count). The third-order valence-electron chi connectivity index (χ3n) is 23.4. The van der Waals surface area contributed by atoms with Crippen LogP contribution < -0.4 is 40.7 Å². The molecule has 6 heterocycles. The van der Waals surface area contributed by atoms with E-state index in [1.54, 1.807) is 71.9 Å². The van der Waals surface area contributed by atoms with E-state index >= 15 is 0 Å². The summed E-state index contributed by atoms with van der Waals surface area (Å²) in [5.74, 6) is -13.6. The summed E-state index contributed by atoms with van der Waals surface area (Å²) in [6.07, 6.45) is 6.40. The highest BCUT2D eigenvalue weighted by molar-refractivity contribution is 7.84. The van der Waals surface area contributed by atoms with Gasteiger partial charge in [0.1, 0.15) is 62.6 Å². The summed E-state index contributed by atoms with van der Waals surface area (Å²) in [5, 5.41) is 106. The van der Waals surface area contributed by atoms with E-state index in [-0.39, 0.29) is 83.9 Å². The third kappa shape index (κ3) is 16.5. The second-order valence-corrected chi connectivity index (χ2v) is 33.4. The summed E-state index contributed by atoms with van der Waals surface area (Å²) in [5.41, 5.74) is 0.720. The Hall–Kier alpha value is -10.8. The monoisotopic (exact) mass is 1670 g/mol. The highest BCUT2D eigenvalue weighted by Gasteiger charge is 2.67. The summed E-state index contributed by atoms with van der Waals surface area (Å²) in [6.45, 7) is 18.0. The van der Waals surface area contributed by atoms with Crippen LogP contribution in [0.5, 0.6) is 40.2 Å². The minimum atomic E-state index is -2.92. The number of phenols is 3. The molecule has 640 valence electrons. The number of allylic oxidation sites excluding steroid dienone is 2. The van der Waals surface area contributed by atoms with Gasteiger partial charge < -0.3 is 100 Å². The van der Waals surface area contributed by atoms with Gasteiger partial charge in [0.05, 0.1) is 106 Å². The van der Waals surface area contributed by atoms with Crippen LogP contribution in [0.2, 0.25) is 0 Å². The van der Waals surface area contributed by atoms with Crippen molar-refractivity contribution in [1.82, 2.24) is 24.8 Å². The molecule has 7 aliphatic rings. The molecule has 1 saturated heterocycles. The molecule has 15 atom stereocenters. The van der Waals surface area contributed by atoms with Crippen LogP contribution in [0.25, 0.3) is 27.6 Å². The van der Waals surface area contributed by atoms with Crippen LogP contribution >= 0.6 is 0 Å². The van der Waals surface area contributed by atoms with Gasteiger partial charge in [-0.1, -0.05) is 71.9 Å². The number of ether oxygens (including phenoxy) is 7. The minimum Gasteiger partial charge on any atom is -0.508 e. The van der Waals surface area contributed by atoms with Gasteiger partial charge in [0.15, 0.2) is 33.8 Å². The molecule has 2 amide bonds. The molecule has 4 bridgehead atoms. The van der Waals surface area contributed by atoms with Crippen molar-refractivity contribution >= 4 is 79.2 Å². The molecule has 1 unspecified atom stereocenters. The van der Waals surface area contributed by atoms with Gasteiger partial charge in [-0.05, 0) is 77.0 Å². The lowest BCUT2D eigenvalue weighted by atomic mass is 9.54. The van der Waals surface area contributed by atoms with Gasteiger partial charge in [-0.25, -0.2) is 9.98 Å². The number of aromatic hydroxyl groups is 3. The van der Waals surface area contributed by atoms with Crippen molar-refractivity contribution in [2.24, 2.45) is 57.1 Å². The number of aromatic amines is 1. The molecular weight excluding hydrogens is 1570 g/mol. The number of aromatic nitrogens is 3. The number of fused-ring (bicyclic) bond motifs is 5. The number of amides is 2. The predicted octanol–water partition coefficient (Wildman–Crippen LogP) is 7.26. The molecule has 4 aromatic carbocycles. The van der Waals surface area contributed by atoms with Gasteiger partial charge in [-0.15, -0.1) is 0 Å². The van der Waals surface area contributed by atoms with Gasteiger partial charge in [0.2, 0.25) is 5.78 Å². The van der Waals surface area contributed by atoms with Gasteiger partial charge in [-0.3, -0.25) is 47.9 Å². The van der Waals surface area contributed by atoms with Crippen LogP contribution in [-0.2, 0) is 60.3 Å². The fourth-order valence-corrected chi connectivity index (χ4v) is 18.1. The number of likely N-dealkylation sites (tertiary alicyclic amines) is 1. The number of H-pyrrole nitrogens is 1. The fourth-order valence-electron chi connectivity index (χ4n) is 17.1. The number of carbonyl (C=O) groups excluding carboxylic acids is 6. The van der Waals surface area contributed by atoms with Crippen LogP contribution in [0, 0.1) is 48.3 Å². The Morgan fingerprint density at radius 3 is 2.18 bits per heavy atom. The lowest BCUT2D eigenvalue weighted by molar-refractivity contribution is -0.161. The van der Waals surface area contributed by atoms with Crippen molar-refractivity contribution < 1.29 is 121 Å². The number of phenolic OH excluding ortho intramolecular Hbond substituents is 3. The number of halogens is 2. The predicted molar refractivity (Wildman–Crippen MR) is 428 cm³/mol. The molecule has 2 aromatic heterocycles. The number of aliphatic hydroxyl groups excluding tert-OH is 4. The highest BCUT2D eigenvalue weighted by atomic mass is 32.2. The number of anilines is 1. The molecule has 4 aliphatic heterocycles. The van der Waals surface area contributed by atoms with Crippen molar-refractivity contribution in [3.05, 3.63) is 140 Å². The number of carbonyl (C=O) groups is 6. The molecule has 35 heteroatoms. The summed E-state index contributed by atoms with van der Waals surface area (Å²) < 4.78 is 76.1. The van der Waals surface area contributed by atoms with E-state index in [9.17, 15) is 87.7 Å². The fraction of sp³-hybridized carbons (Fsp3) is 0.476. The minimum absolute atomic E-state index is 0.00962. The standard InChI is InChI=1S/C46H62N4O11.C22H24N2O8.C16H15F2N3O4S/c1-22(2)21-50-18-16-46(17-19-50)48-34-31-32-39(54)28(8)42-33(31)43(56)45(10,61-42)59-20-15-30(58-11)25(5)41(60-29(9)51)27(7)38(53)26(6)37(52)23(3)13-12-14-24(4)44(57)47-36(40(32)55)35(34)49-46;1-21(31)8-5-4-6-11(25)12(8)16(26)13-9(21)7-10-15(24(2)3)17(27)14(20(23)30)19(29)22(10,32)18(13)28;1-23-13-5-6-19-12(14(13)24-2)8-26(22)16-20-10-4-3-9(25-15(17)18)7-11(10)21-16/h12-15,20,22-23,25-27,30,37-38,41,48,52-55H,16-19,21H2,1-11H3;4-6,9-10,15,25-26,29,31-32H,7H2,1-3H3,(H2,23,30);3-7,15H,8H2,1-2H3,(H,20,21)/b13-12+,20-15+,24-14-,47-36?;;/t23-,25+,26+,27+,30-,37-,38+,41+,45-;9-,10-,15-,21+,22-;/m00./s1. The average Bonchev–Trinajstić information content (AvgIpc) is 0.820. The highest BCUT2D eigenvalue weighted by Crippen LogP contribution is 2.58. The van der Waals surface area contributed by atoms with E-state index in [2.05, 4.69) is 48.7 Å². The van der Waals surface area contributed by atoms with Crippen LogP contribution in [0.1, 0.15) is 121 Å². The second kappa shape index (κ2) is 34.5. The maximum absolute atomic E-state index is 14.7. The first-order valence-electron chi connectivity index (χ1n) is 38.6. The van der Waals surface area contributed by atoms with E-state index in [1.165, 1.54) is 110 Å². The van der Waals surface area contributed by atoms with E-state index < -0.39 is 175 Å². The SMILES string of the molecule is CN(C)[C@@H]1C(=O)C(C(N)=O)=C(O)[C@@]2(O)C(=O)C3=C(O)c4c(O)cccc4[C@@](C)(O)[C@H]3C[C@@H]12.CO[C@H]1/C=C/O[C@@]2(C)Oc3c(C)c(O)c4c(O)c(c5c(c4c3C2=O)NC2(CCN(CC(C)C)CC2)N=5)=NC(=O)/C(C)=C\C=C\[C@H](C)[C@H](O)[C@@H](C)[C@@H](O)[C@@H](C)[C@H](OC(C)=O)[C@@H]1C.COc1ccnc(CS(=O)c2nc3ccc(OC(F)F)cc3[nH]2)c1OC. The Labute approximate surface area is 685 Å². The quantitative estimate of drug-likeness (QED) is 0.0307. The van der Waals surface area contributed by atoms with E-state index in [0.717, 1.165) is 19.6 Å². The molecule has 0 radical (unpaired) electrons. The van der Waals surface area contributed by atoms with Crippen molar-refractivity contribution in [2.75, 3.05) is 60.4 Å². The number of likely N-dealkylation sites (N-methyl/N-ethyl adjacent to an activating group) is 1. The number of hydrogen-bond acceptors (Lipinski definition) is 29. The third-order valence-corrected chi connectivity index (χ3v) is 24.6. The van der Waals surface area contributed by atoms with Crippen LogP contribution in [-0.4, -0.2) is 219 Å². The van der Waals surface area contributed by atoms with Crippen LogP contribution in [0.15, 0.2) is 117 Å². The number of aliphatic hydroxyl groups is 6. The van der Waals surface area contributed by atoms with Gasteiger partial charge >= 0.3 is 18.4 Å². The Bertz CT molecular complexity index is 5380. The number of methoxy groups -OCH3 is 3. The Kier molecular flexibility index (Phi) is 25.8. The van der Waals surface area contributed by atoms with Crippen molar-refractivity contribution in [3.8, 4) is 40.2 Å². The summed E-state index contributed by atoms with van der Waals surface area (Å²) in [6, 6.07) is 8.90. The number of pyridine rings is 1. The largest absolute Gasteiger partial charge is 0.508 e. The second-order valence-electron chi connectivity index (χ2n) is 32.0. The molecule has 119 heavy (non-hydrogen) atoms. The first-order chi connectivity index (χ1) is 55.9. The normalized spacial score (nSPS) is 28.7. The van der Waals surface area contributed by atoms with Crippen molar-refractivity contribution in [1.29, 1.82) is 0 Å². The van der Waals surface area contributed by atoms with Gasteiger partial charge in [0, 0.05) is 129 Å². The first-order valence-corrected chi connectivity index (χ1v) is 39.9. The zero-order valence-electron chi connectivity index (χ0n) is 68.6. The smallest absolute Gasteiger partial charge is 0.387 e. The number of Topliss-reactive ketones (excluding diaryl/α,β-unsaturated/α-hetero) is 3. The number of piperidine rings is 1. The van der Waals surface area contributed by atoms with Crippen LogP contribution in [0.3, 0.4) is 0 Å². The number of esters is 1. The molecule has 32 nitrogen and oxygen atoms in total. The lowest BCUT2D eigenvalue weighted by Crippen LogP contribution is -2.67. The maximum atomic E-state index is 14.7. The summed E-state index contributed by atoms with van der Waals surface area (Å²) >= 11 is 0. The number of primary amides is 1. The number of benzene rings is 4. The molecule has 3 aliphatic carbocycles. The number of rotatable bonds is 13. The zero-order valence-corrected chi connectivity index (χ0v) is 69.4.